The molecule has 0 radical (unpaired) electrons. The summed E-state index contributed by atoms with van der Waals surface area (Å²) in [6.07, 6.45) is 8.23. The fourth-order valence-electron chi connectivity index (χ4n) is 0.609. The predicted octanol–water partition coefficient (Wildman–Crippen LogP) is 2.24. The molecular weight excluding hydrogens is 130 g/mol. The second-order valence-electron chi connectivity index (χ2n) is 2.33. The molecule has 0 aromatic carbocycles. The average Bonchev–Trinajstić information content (AvgIpc) is 1.80. The van der Waals surface area contributed by atoms with Gasteiger partial charge in [0.15, 0.2) is 0 Å². The van der Waals surface area contributed by atoms with Crippen LogP contribution in [0.3, 0.4) is 0 Å². The number of hydrogen-bond acceptors (Lipinski definition) is 1. The van der Waals surface area contributed by atoms with E-state index < -0.39 is 0 Å². The normalized spacial score (nSPS) is 10.2. The summed E-state index contributed by atoms with van der Waals surface area (Å²) in [6.45, 7) is 3.29. The molecule has 0 aliphatic rings. The van der Waals surface area contributed by atoms with Crippen molar-refractivity contribution in [2.24, 2.45) is 4.36 Å². The predicted molar refractivity (Wildman–Crippen MR) is 46.0 cm³/mol. The molecule has 0 saturated carbocycles. The molecule has 0 saturated heterocycles. The van der Waals surface area contributed by atoms with Crippen molar-refractivity contribution in [3.63, 3.8) is 0 Å². The van der Waals surface area contributed by atoms with Gasteiger partial charge >= 0.3 is 0 Å². The Morgan fingerprint density at radius 3 is 2.33 bits per heavy atom. The van der Waals surface area contributed by atoms with Crippen LogP contribution in [0.4, 0.5) is 0 Å². The SMILES string of the molecule is CCCCCN=S(C)C. The second-order valence-corrected chi connectivity index (χ2v) is 4.14. The summed E-state index contributed by atoms with van der Waals surface area (Å²) in [5.74, 6) is 0. The van der Waals surface area contributed by atoms with Crippen LogP contribution in [0.25, 0.3) is 0 Å². The van der Waals surface area contributed by atoms with Crippen LogP contribution in [0.5, 0.6) is 0 Å². The lowest BCUT2D eigenvalue weighted by atomic mass is 10.3. The van der Waals surface area contributed by atoms with Crippen LogP contribution >= 0.6 is 0 Å². The first-order valence-corrected chi connectivity index (χ1v) is 5.52. The van der Waals surface area contributed by atoms with Gasteiger partial charge in [-0.05, 0) is 18.9 Å². The van der Waals surface area contributed by atoms with Gasteiger partial charge in [0.2, 0.25) is 0 Å². The number of unbranched alkanes of at least 4 members (excludes halogenated alkanes) is 2. The number of nitrogens with zero attached hydrogens (tertiary/aromatic N) is 1. The zero-order valence-electron chi connectivity index (χ0n) is 6.68. The maximum absolute atomic E-state index is 4.39. The monoisotopic (exact) mass is 147 g/mol. The molecular formula is C7H17NS. The Balaban J connectivity index is 3.00. The van der Waals surface area contributed by atoms with E-state index in [1.807, 2.05) is 0 Å². The molecule has 9 heavy (non-hydrogen) atoms. The van der Waals surface area contributed by atoms with E-state index >= 15 is 0 Å². The molecule has 2 heteroatoms. The van der Waals surface area contributed by atoms with Crippen LogP contribution in [0.1, 0.15) is 26.2 Å². The maximum Gasteiger partial charge on any atom is 0.0458 e. The molecule has 0 unspecified atom stereocenters. The standard InChI is InChI=1S/C7H17NS/c1-4-5-6-7-8-9(2)3/h4-7H2,1-3H3. The van der Waals surface area contributed by atoms with Gasteiger partial charge in [-0.25, -0.2) is 0 Å². The van der Waals surface area contributed by atoms with Gasteiger partial charge in [-0.3, -0.25) is 4.36 Å². The van der Waals surface area contributed by atoms with Crippen molar-refractivity contribution in [1.29, 1.82) is 0 Å². The van der Waals surface area contributed by atoms with Crippen LogP contribution < -0.4 is 0 Å². The minimum Gasteiger partial charge on any atom is -0.265 e. The molecule has 0 N–H and O–H groups in total. The van der Waals surface area contributed by atoms with Crippen molar-refractivity contribution in [3.8, 4) is 0 Å². The third-order valence-corrected chi connectivity index (χ3v) is 1.81. The third kappa shape index (κ3) is 8.15. The highest BCUT2D eigenvalue weighted by Crippen LogP contribution is 1.93. The van der Waals surface area contributed by atoms with Gasteiger partial charge in [-0.2, -0.15) is 0 Å². The first-order chi connectivity index (χ1) is 4.27. The number of hydrogen-bond donors (Lipinski definition) is 0. The number of rotatable bonds is 4. The van der Waals surface area contributed by atoms with E-state index in [9.17, 15) is 0 Å². The summed E-state index contributed by atoms with van der Waals surface area (Å²) < 4.78 is 4.39. The van der Waals surface area contributed by atoms with Crippen molar-refractivity contribution in [1.82, 2.24) is 0 Å². The smallest absolute Gasteiger partial charge is 0.0458 e. The summed E-state index contributed by atoms with van der Waals surface area (Å²) in [5.41, 5.74) is 0. The molecule has 0 aliphatic heterocycles. The van der Waals surface area contributed by atoms with Crippen molar-refractivity contribution < 1.29 is 0 Å². The molecule has 0 spiro atoms. The van der Waals surface area contributed by atoms with Crippen molar-refractivity contribution in [2.75, 3.05) is 19.1 Å². The Hall–Kier alpha value is 0.150. The molecule has 0 heterocycles. The largest absolute Gasteiger partial charge is 0.265 e. The molecule has 0 rings (SSSR count). The second kappa shape index (κ2) is 6.27. The van der Waals surface area contributed by atoms with Gasteiger partial charge in [0, 0.05) is 6.54 Å². The first-order valence-electron chi connectivity index (χ1n) is 3.52. The van der Waals surface area contributed by atoms with Gasteiger partial charge in [0.1, 0.15) is 0 Å². The minimum atomic E-state index is 0.306. The summed E-state index contributed by atoms with van der Waals surface area (Å²) in [7, 11) is 0.306. The Morgan fingerprint density at radius 2 is 1.89 bits per heavy atom. The van der Waals surface area contributed by atoms with Crippen LogP contribution in [-0.4, -0.2) is 19.1 Å². The zero-order chi connectivity index (χ0) is 7.11. The van der Waals surface area contributed by atoms with Crippen LogP contribution in [0.15, 0.2) is 4.36 Å². The average molecular weight is 147 g/mol. The molecule has 0 aromatic rings. The quantitative estimate of drug-likeness (QED) is 0.541. The lowest BCUT2D eigenvalue weighted by molar-refractivity contribution is 0.731. The van der Waals surface area contributed by atoms with Crippen LogP contribution in [0, 0.1) is 0 Å². The Bertz CT molecular complexity index is 84.9. The molecule has 0 fully saturated rings. The molecule has 0 aliphatic carbocycles. The molecule has 0 aromatic heterocycles. The highest BCUT2D eigenvalue weighted by atomic mass is 32.2. The van der Waals surface area contributed by atoms with Gasteiger partial charge in [0.05, 0.1) is 0 Å². The van der Waals surface area contributed by atoms with E-state index in [1.165, 1.54) is 19.3 Å². The highest BCUT2D eigenvalue weighted by Gasteiger charge is 1.81. The summed E-state index contributed by atoms with van der Waals surface area (Å²) in [6, 6.07) is 0. The Morgan fingerprint density at radius 1 is 1.22 bits per heavy atom. The highest BCUT2D eigenvalue weighted by molar-refractivity contribution is 7.85. The molecule has 0 amide bonds. The van der Waals surface area contributed by atoms with Gasteiger partial charge in [-0.1, -0.05) is 19.8 Å². The Kier molecular flexibility index (Phi) is 6.38. The van der Waals surface area contributed by atoms with E-state index in [1.54, 1.807) is 0 Å². The van der Waals surface area contributed by atoms with Gasteiger partial charge in [-0.15, -0.1) is 10.7 Å². The first kappa shape index (κ1) is 9.15. The third-order valence-electron chi connectivity index (χ3n) is 1.11. The van der Waals surface area contributed by atoms with Crippen molar-refractivity contribution in [3.05, 3.63) is 0 Å². The molecule has 56 valence electrons. The molecule has 1 nitrogen and oxygen atoms in total. The minimum absolute atomic E-state index is 0.306. The summed E-state index contributed by atoms with van der Waals surface area (Å²) in [5, 5.41) is 0. The summed E-state index contributed by atoms with van der Waals surface area (Å²) >= 11 is 0. The fourth-order valence-corrected chi connectivity index (χ4v) is 1.10. The molecule has 0 atom stereocenters. The van der Waals surface area contributed by atoms with E-state index in [4.69, 9.17) is 0 Å². The topological polar surface area (TPSA) is 12.4 Å². The van der Waals surface area contributed by atoms with E-state index in [0.717, 1.165) is 6.54 Å². The van der Waals surface area contributed by atoms with Crippen LogP contribution in [-0.2, 0) is 10.7 Å². The lowest BCUT2D eigenvalue weighted by Crippen LogP contribution is -1.84. The van der Waals surface area contributed by atoms with Crippen molar-refractivity contribution >= 4 is 10.7 Å². The Labute approximate surface area is 61.0 Å². The fraction of sp³-hybridized carbons (Fsp3) is 1.00. The maximum atomic E-state index is 4.39. The molecule has 0 bridgehead atoms. The van der Waals surface area contributed by atoms with Gasteiger partial charge < -0.3 is 0 Å². The lowest BCUT2D eigenvalue weighted by Gasteiger charge is -1.93. The van der Waals surface area contributed by atoms with Crippen molar-refractivity contribution in [2.45, 2.75) is 26.2 Å². The van der Waals surface area contributed by atoms with E-state index in [-0.39, 0.29) is 0 Å². The van der Waals surface area contributed by atoms with Gasteiger partial charge in [0.25, 0.3) is 0 Å². The van der Waals surface area contributed by atoms with E-state index in [0.29, 0.717) is 10.7 Å². The van der Waals surface area contributed by atoms with E-state index in [2.05, 4.69) is 23.8 Å². The van der Waals surface area contributed by atoms with Crippen LogP contribution in [0.2, 0.25) is 0 Å². The summed E-state index contributed by atoms with van der Waals surface area (Å²) in [4.78, 5) is 0. The zero-order valence-corrected chi connectivity index (χ0v) is 7.50.